The molecule has 0 aliphatic carbocycles. The van der Waals surface area contributed by atoms with Gasteiger partial charge in [0.2, 0.25) is 0 Å². The first kappa shape index (κ1) is 7.84. The molecule has 0 aliphatic heterocycles. The van der Waals surface area contributed by atoms with Gasteiger partial charge in [0.1, 0.15) is 0 Å². The van der Waals surface area contributed by atoms with Crippen molar-refractivity contribution in [3.63, 3.8) is 0 Å². The molecule has 0 N–H and O–H groups in total. The third-order valence-corrected chi connectivity index (χ3v) is 2.74. The van der Waals surface area contributed by atoms with E-state index in [0.29, 0.717) is 0 Å². The Morgan fingerprint density at radius 2 is 1.80 bits per heavy atom. The molecule has 0 aliphatic rings. The molecule has 0 heterocycles. The second-order valence-electron chi connectivity index (χ2n) is 2.42. The monoisotopic (exact) mass is 200 g/mol. The molecule has 0 radical (unpaired) electrons. The Balaban J connectivity index is 2.69. The second-order valence-corrected chi connectivity index (χ2v) is 4.24. The molecule has 1 rings (SSSR count). The van der Waals surface area contributed by atoms with Crippen molar-refractivity contribution in [2.24, 2.45) is 0 Å². The fourth-order valence-corrected chi connectivity index (χ4v) is 1.95. The van der Waals surface area contributed by atoms with Crippen LogP contribution in [0.4, 0.5) is 0 Å². The van der Waals surface area contributed by atoms with Gasteiger partial charge in [-0.25, -0.2) is 0 Å². The molecule has 0 nitrogen and oxygen atoms in total. The van der Waals surface area contributed by atoms with Gasteiger partial charge in [0.05, 0.1) is 0 Å². The van der Waals surface area contributed by atoms with E-state index in [1.54, 1.807) is 0 Å². The zero-order valence-electron chi connectivity index (χ0n) is 6.42. The first-order valence-electron chi connectivity index (χ1n) is 3.37. The minimum atomic E-state index is 0.773. The van der Waals surface area contributed by atoms with Crippen molar-refractivity contribution in [1.82, 2.24) is 0 Å². The van der Waals surface area contributed by atoms with E-state index in [2.05, 4.69) is 37.0 Å². The molecule has 0 atom stereocenters. The summed E-state index contributed by atoms with van der Waals surface area (Å²) in [4.78, 5) is 0. The minimum absolute atomic E-state index is 0.773. The van der Waals surface area contributed by atoms with E-state index >= 15 is 0 Å². The van der Waals surface area contributed by atoms with E-state index in [0.717, 1.165) is 15.0 Å². The summed E-state index contributed by atoms with van der Waals surface area (Å²) in [6, 6.07) is 8.81. The summed E-state index contributed by atoms with van der Waals surface area (Å²) >= 11 is 0.773. The van der Waals surface area contributed by atoms with Crippen molar-refractivity contribution < 1.29 is 0 Å². The SMILES string of the molecule is C[Se]Cc1ccc(C)cc1. The van der Waals surface area contributed by atoms with E-state index in [1.165, 1.54) is 16.4 Å². The molecule has 0 unspecified atom stereocenters. The van der Waals surface area contributed by atoms with Gasteiger partial charge in [-0.15, -0.1) is 0 Å². The Labute approximate surface area is 68.8 Å². The van der Waals surface area contributed by atoms with Crippen LogP contribution in [0, 0.1) is 6.92 Å². The first-order chi connectivity index (χ1) is 4.83. The molecule has 54 valence electrons. The maximum atomic E-state index is 2.27. The van der Waals surface area contributed by atoms with Crippen LogP contribution in [0.15, 0.2) is 24.3 Å². The first-order valence-corrected chi connectivity index (χ1v) is 6.30. The van der Waals surface area contributed by atoms with Gasteiger partial charge in [0.25, 0.3) is 0 Å². The van der Waals surface area contributed by atoms with Crippen molar-refractivity contribution in [3.8, 4) is 0 Å². The van der Waals surface area contributed by atoms with Gasteiger partial charge in [-0.2, -0.15) is 0 Å². The van der Waals surface area contributed by atoms with E-state index in [9.17, 15) is 0 Å². The second kappa shape index (κ2) is 3.80. The number of hydrogen-bond acceptors (Lipinski definition) is 0. The van der Waals surface area contributed by atoms with Crippen LogP contribution in [0.1, 0.15) is 11.1 Å². The Bertz CT molecular complexity index is 188. The summed E-state index contributed by atoms with van der Waals surface area (Å²) in [6.07, 6.45) is 0. The van der Waals surface area contributed by atoms with Gasteiger partial charge in [-0.3, -0.25) is 0 Å². The third-order valence-electron chi connectivity index (χ3n) is 1.43. The van der Waals surface area contributed by atoms with Crippen LogP contribution >= 0.6 is 0 Å². The molecule has 0 aromatic heterocycles. The molecule has 0 spiro atoms. The molecule has 0 saturated carbocycles. The van der Waals surface area contributed by atoms with Crippen LogP contribution in [0.5, 0.6) is 0 Å². The molecule has 0 saturated heterocycles. The zero-order chi connectivity index (χ0) is 7.40. The molecule has 10 heavy (non-hydrogen) atoms. The maximum absolute atomic E-state index is 2.27. The van der Waals surface area contributed by atoms with Gasteiger partial charge < -0.3 is 0 Å². The van der Waals surface area contributed by atoms with Crippen LogP contribution in [0.3, 0.4) is 0 Å². The molecule has 0 amide bonds. The molecule has 1 aromatic carbocycles. The quantitative estimate of drug-likeness (QED) is 0.641. The Kier molecular flexibility index (Phi) is 2.98. The fourth-order valence-electron chi connectivity index (χ4n) is 0.851. The number of rotatable bonds is 2. The zero-order valence-corrected chi connectivity index (χ0v) is 8.14. The van der Waals surface area contributed by atoms with Gasteiger partial charge in [-0.1, -0.05) is 0 Å². The number of aryl methyl sites for hydroxylation is 1. The van der Waals surface area contributed by atoms with Gasteiger partial charge in [-0.05, 0) is 0 Å². The average Bonchev–Trinajstić information content (AvgIpc) is 1.95. The summed E-state index contributed by atoms with van der Waals surface area (Å²) in [7, 11) is 0. The van der Waals surface area contributed by atoms with Crippen LogP contribution in [-0.4, -0.2) is 15.0 Å². The summed E-state index contributed by atoms with van der Waals surface area (Å²) in [6.45, 7) is 2.13. The van der Waals surface area contributed by atoms with Crippen molar-refractivity contribution in [3.05, 3.63) is 35.4 Å². The predicted octanol–water partition coefficient (Wildman–Crippen LogP) is 2.25. The van der Waals surface area contributed by atoms with Gasteiger partial charge in [0.15, 0.2) is 0 Å². The number of benzene rings is 1. The Morgan fingerprint density at radius 3 is 2.30 bits per heavy atom. The predicted molar refractivity (Wildman–Crippen MR) is 46.5 cm³/mol. The molecule has 0 bridgehead atoms. The normalized spacial score (nSPS) is 9.80. The topological polar surface area (TPSA) is 0 Å². The molecule has 0 fully saturated rings. The summed E-state index contributed by atoms with van der Waals surface area (Å²) in [5.41, 5.74) is 2.83. The van der Waals surface area contributed by atoms with Crippen LogP contribution < -0.4 is 0 Å². The van der Waals surface area contributed by atoms with E-state index in [4.69, 9.17) is 0 Å². The standard InChI is InChI=1S/C9H12Se/c1-8-3-5-9(6-4-8)7-10-2/h3-6H,7H2,1-2H3. The fraction of sp³-hybridized carbons (Fsp3) is 0.333. The van der Waals surface area contributed by atoms with Gasteiger partial charge in [0, 0.05) is 0 Å². The van der Waals surface area contributed by atoms with Crippen molar-refractivity contribution in [2.75, 3.05) is 0 Å². The molecule has 1 aromatic rings. The van der Waals surface area contributed by atoms with Gasteiger partial charge >= 0.3 is 68.4 Å². The molecule has 1 heteroatoms. The third kappa shape index (κ3) is 2.17. The van der Waals surface area contributed by atoms with E-state index < -0.39 is 0 Å². The van der Waals surface area contributed by atoms with Crippen LogP contribution in [0.25, 0.3) is 0 Å². The van der Waals surface area contributed by atoms with Crippen molar-refractivity contribution >= 4 is 15.0 Å². The average molecular weight is 199 g/mol. The molecular formula is C9H12Se. The van der Waals surface area contributed by atoms with Crippen molar-refractivity contribution in [2.45, 2.75) is 18.1 Å². The summed E-state index contributed by atoms with van der Waals surface area (Å²) in [5, 5.41) is 1.27. The summed E-state index contributed by atoms with van der Waals surface area (Å²) in [5.74, 6) is 2.27. The van der Waals surface area contributed by atoms with E-state index in [-0.39, 0.29) is 0 Å². The molecular weight excluding hydrogens is 187 g/mol. The van der Waals surface area contributed by atoms with Crippen LogP contribution in [-0.2, 0) is 5.32 Å². The Morgan fingerprint density at radius 1 is 1.20 bits per heavy atom. The Hall–Kier alpha value is -0.261. The van der Waals surface area contributed by atoms with Crippen LogP contribution in [0.2, 0.25) is 5.82 Å². The summed E-state index contributed by atoms with van der Waals surface area (Å²) < 4.78 is 0. The van der Waals surface area contributed by atoms with E-state index in [1.807, 2.05) is 0 Å². The van der Waals surface area contributed by atoms with Crippen molar-refractivity contribution in [1.29, 1.82) is 0 Å². The number of hydrogen-bond donors (Lipinski definition) is 0.